The van der Waals surface area contributed by atoms with Gasteiger partial charge in [-0.3, -0.25) is 14.5 Å². The fourth-order valence-electron chi connectivity index (χ4n) is 4.48. The summed E-state index contributed by atoms with van der Waals surface area (Å²) < 4.78 is 12.7. The maximum Gasteiger partial charge on any atom is 0.295 e. The number of rotatable bonds is 6. The van der Waals surface area contributed by atoms with E-state index in [0.717, 1.165) is 45.4 Å². The van der Waals surface area contributed by atoms with E-state index in [-0.39, 0.29) is 17.1 Å². The zero-order valence-corrected chi connectivity index (χ0v) is 21.5. The Morgan fingerprint density at radius 3 is 2.46 bits per heavy atom. The van der Waals surface area contributed by atoms with Gasteiger partial charge in [0.25, 0.3) is 5.91 Å². The van der Waals surface area contributed by atoms with Crippen LogP contribution in [0.2, 0.25) is 0 Å². The first-order chi connectivity index (χ1) is 16.9. The van der Waals surface area contributed by atoms with Crippen molar-refractivity contribution in [3.63, 3.8) is 0 Å². The predicted octanol–water partition coefficient (Wildman–Crippen LogP) is 7.10. The highest BCUT2D eigenvalue weighted by molar-refractivity contribution is 9.10. The fraction of sp³-hybridized carbons (Fsp3) is 0.241. The molecule has 3 aromatic carbocycles. The molecule has 0 radical (unpaired) electrons. The first-order valence-corrected chi connectivity index (χ1v) is 12.6. The molecule has 0 saturated heterocycles. The molecular weight excluding hydrogens is 506 g/mol. The molecule has 1 aliphatic rings. The van der Waals surface area contributed by atoms with E-state index >= 15 is 0 Å². The summed E-state index contributed by atoms with van der Waals surface area (Å²) >= 11 is 3.44. The summed E-state index contributed by atoms with van der Waals surface area (Å²) in [5, 5.41) is 0.442. The zero-order valence-electron chi connectivity index (χ0n) is 19.9. The lowest BCUT2D eigenvalue weighted by Gasteiger charge is -2.26. The van der Waals surface area contributed by atoms with Gasteiger partial charge < -0.3 is 9.15 Å². The number of hydrogen-bond donors (Lipinski definition) is 0. The summed E-state index contributed by atoms with van der Waals surface area (Å²) in [6.07, 6.45) is 2.04. The van der Waals surface area contributed by atoms with Crippen LogP contribution in [0.4, 0.5) is 5.69 Å². The SMILES string of the molecule is CCCCOc1ccc(C2c3c(oc4ccc(Br)cc4c3=O)C(=O)N2c2ccc(C)c(C)c2)cc1. The van der Waals surface area contributed by atoms with E-state index in [1.54, 1.807) is 23.1 Å². The molecular formula is C29H26BrNO4. The molecule has 0 bridgehead atoms. The average molecular weight is 532 g/mol. The first-order valence-electron chi connectivity index (χ1n) is 11.8. The number of amides is 1. The van der Waals surface area contributed by atoms with Crippen molar-refractivity contribution in [3.05, 3.63) is 103 Å². The third-order valence-corrected chi connectivity index (χ3v) is 7.06. The second-order valence-corrected chi connectivity index (χ2v) is 9.85. The molecule has 5 nitrogen and oxygen atoms in total. The lowest BCUT2D eigenvalue weighted by atomic mass is 9.98. The van der Waals surface area contributed by atoms with Gasteiger partial charge >= 0.3 is 0 Å². The van der Waals surface area contributed by atoms with E-state index < -0.39 is 6.04 Å². The number of benzene rings is 3. The Hall–Kier alpha value is -3.38. The van der Waals surface area contributed by atoms with Crippen molar-refractivity contribution < 1.29 is 13.9 Å². The van der Waals surface area contributed by atoms with Gasteiger partial charge in [0.1, 0.15) is 11.3 Å². The number of hydrogen-bond acceptors (Lipinski definition) is 4. The van der Waals surface area contributed by atoms with Crippen LogP contribution in [-0.2, 0) is 0 Å². The van der Waals surface area contributed by atoms with E-state index in [1.165, 1.54) is 0 Å². The molecule has 1 amide bonds. The number of carbonyl (C=O) groups excluding carboxylic acids is 1. The van der Waals surface area contributed by atoms with E-state index in [0.29, 0.717) is 23.1 Å². The summed E-state index contributed by atoms with van der Waals surface area (Å²) in [5.41, 5.74) is 4.30. The van der Waals surface area contributed by atoms with Gasteiger partial charge in [0.2, 0.25) is 5.76 Å². The summed E-state index contributed by atoms with van der Waals surface area (Å²) in [6, 6.07) is 18.2. The molecule has 6 heteroatoms. The minimum atomic E-state index is -0.607. The van der Waals surface area contributed by atoms with Crippen molar-refractivity contribution in [2.75, 3.05) is 11.5 Å². The highest BCUT2D eigenvalue weighted by atomic mass is 79.9. The van der Waals surface area contributed by atoms with Crippen LogP contribution in [-0.4, -0.2) is 12.5 Å². The van der Waals surface area contributed by atoms with Crippen molar-refractivity contribution in [1.82, 2.24) is 0 Å². The quantitative estimate of drug-likeness (QED) is 0.249. The molecule has 0 fully saturated rings. The summed E-state index contributed by atoms with van der Waals surface area (Å²) in [7, 11) is 0. The van der Waals surface area contributed by atoms with E-state index in [9.17, 15) is 9.59 Å². The lowest BCUT2D eigenvalue weighted by Crippen LogP contribution is -2.29. The van der Waals surface area contributed by atoms with Crippen molar-refractivity contribution in [1.29, 1.82) is 0 Å². The Morgan fingerprint density at radius 2 is 1.74 bits per heavy atom. The van der Waals surface area contributed by atoms with Crippen LogP contribution < -0.4 is 15.1 Å². The molecule has 2 heterocycles. The molecule has 5 rings (SSSR count). The Balaban J connectivity index is 1.68. The van der Waals surface area contributed by atoms with E-state index in [1.807, 2.05) is 56.3 Å². The molecule has 35 heavy (non-hydrogen) atoms. The average Bonchev–Trinajstić information content (AvgIpc) is 3.14. The standard InChI is InChI=1S/C29H26BrNO4/c1-4-5-14-34-22-11-7-19(8-12-22)26-25-27(32)23-16-20(30)9-13-24(23)35-28(25)29(33)31(26)21-10-6-17(2)18(3)15-21/h6-13,15-16,26H,4-5,14H2,1-3H3. The molecule has 4 aromatic rings. The number of halogens is 1. The zero-order chi connectivity index (χ0) is 24.7. The number of ether oxygens (including phenoxy) is 1. The van der Waals surface area contributed by atoms with Crippen LogP contribution in [0.5, 0.6) is 5.75 Å². The van der Waals surface area contributed by atoms with Crippen LogP contribution in [0.25, 0.3) is 11.0 Å². The molecule has 0 N–H and O–H groups in total. The second-order valence-electron chi connectivity index (χ2n) is 8.93. The van der Waals surface area contributed by atoms with Gasteiger partial charge in [-0.2, -0.15) is 0 Å². The Labute approximate surface area is 212 Å². The largest absolute Gasteiger partial charge is 0.494 e. The molecule has 178 valence electrons. The van der Waals surface area contributed by atoms with Crippen molar-refractivity contribution in [2.24, 2.45) is 0 Å². The van der Waals surface area contributed by atoms with Gasteiger partial charge in [0.15, 0.2) is 5.43 Å². The van der Waals surface area contributed by atoms with Gasteiger partial charge in [-0.15, -0.1) is 0 Å². The van der Waals surface area contributed by atoms with E-state index in [2.05, 4.69) is 22.9 Å². The molecule has 0 aliphatic carbocycles. The number of fused-ring (bicyclic) bond motifs is 2. The molecule has 1 atom stereocenters. The number of nitrogens with zero attached hydrogens (tertiary/aromatic N) is 1. The third-order valence-electron chi connectivity index (χ3n) is 6.56. The van der Waals surface area contributed by atoms with Crippen molar-refractivity contribution in [3.8, 4) is 5.75 Å². The number of unbranched alkanes of at least 4 members (excludes halogenated alkanes) is 1. The van der Waals surface area contributed by atoms with Crippen LogP contribution in [0, 0.1) is 13.8 Å². The van der Waals surface area contributed by atoms with Crippen LogP contribution in [0.1, 0.15) is 58.6 Å². The highest BCUT2D eigenvalue weighted by Gasteiger charge is 2.43. The summed E-state index contributed by atoms with van der Waals surface area (Å²) in [4.78, 5) is 29.2. The van der Waals surface area contributed by atoms with Crippen molar-refractivity contribution >= 4 is 38.5 Å². The molecule has 0 spiro atoms. The van der Waals surface area contributed by atoms with Gasteiger partial charge in [-0.05, 0) is 79.4 Å². The maximum absolute atomic E-state index is 13.8. The minimum absolute atomic E-state index is 0.0938. The molecule has 1 unspecified atom stereocenters. The normalized spacial score (nSPS) is 15.0. The monoisotopic (exact) mass is 531 g/mol. The molecule has 0 saturated carbocycles. The van der Waals surface area contributed by atoms with Crippen LogP contribution >= 0.6 is 15.9 Å². The number of carbonyl (C=O) groups is 1. The maximum atomic E-state index is 13.8. The van der Waals surface area contributed by atoms with Gasteiger partial charge in [0.05, 0.1) is 23.6 Å². The molecule has 1 aliphatic heterocycles. The fourth-order valence-corrected chi connectivity index (χ4v) is 4.84. The van der Waals surface area contributed by atoms with E-state index in [4.69, 9.17) is 9.15 Å². The first kappa shape index (κ1) is 23.4. The summed E-state index contributed by atoms with van der Waals surface area (Å²) in [5.74, 6) is 0.536. The van der Waals surface area contributed by atoms with Crippen LogP contribution in [0.15, 0.2) is 74.3 Å². The minimum Gasteiger partial charge on any atom is -0.494 e. The second kappa shape index (κ2) is 9.34. The van der Waals surface area contributed by atoms with Gasteiger partial charge in [-0.25, -0.2) is 0 Å². The topological polar surface area (TPSA) is 59.8 Å². The Bertz CT molecular complexity index is 1490. The molecule has 1 aromatic heterocycles. The highest BCUT2D eigenvalue weighted by Crippen LogP contribution is 2.42. The number of aryl methyl sites for hydroxylation is 2. The lowest BCUT2D eigenvalue weighted by molar-refractivity contribution is 0.0971. The van der Waals surface area contributed by atoms with Crippen molar-refractivity contribution in [2.45, 2.75) is 39.7 Å². The third kappa shape index (κ3) is 4.16. The Morgan fingerprint density at radius 1 is 0.971 bits per heavy atom. The number of anilines is 1. The Kier molecular flexibility index (Phi) is 6.24. The van der Waals surface area contributed by atoms with Gasteiger partial charge in [0, 0.05) is 10.2 Å². The van der Waals surface area contributed by atoms with Crippen LogP contribution in [0.3, 0.4) is 0 Å². The summed E-state index contributed by atoms with van der Waals surface area (Å²) in [6.45, 7) is 6.82. The smallest absolute Gasteiger partial charge is 0.295 e. The predicted molar refractivity (Wildman–Crippen MR) is 142 cm³/mol. The van der Waals surface area contributed by atoms with Gasteiger partial charge in [-0.1, -0.05) is 47.5 Å².